The molecular weight excluding hydrogens is 627 g/mol. The zero-order valence-electron chi connectivity index (χ0n) is 21.5. The van der Waals surface area contributed by atoms with E-state index in [1.54, 1.807) is 19.2 Å². The normalized spacial score (nSPS) is 24.2. The molecule has 214 valence electrons. The molecule has 0 radical (unpaired) electrons. The maximum atomic E-state index is 14.0. The van der Waals surface area contributed by atoms with Crippen molar-refractivity contribution in [3.63, 3.8) is 0 Å². The third-order valence-corrected chi connectivity index (χ3v) is 11.3. The van der Waals surface area contributed by atoms with Gasteiger partial charge in [0.1, 0.15) is 11.9 Å². The zero-order valence-corrected chi connectivity index (χ0v) is 24.8. The van der Waals surface area contributed by atoms with Crippen LogP contribution in [-0.2, 0) is 24.3 Å². The molecule has 0 bridgehead atoms. The highest BCUT2D eigenvalue weighted by Crippen LogP contribution is 2.41. The molecule has 3 heterocycles. The summed E-state index contributed by atoms with van der Waals surface area (Å²) in [5.41, 5.74) is 1.46. The lowest BCUT2D eigenvalue weighted by atomic mass is 9.85. The predicted molar refractivity (Wildman–Crippen MR) is 150 cm³/mol. The molecule has 2 N–H and O–H groups in total. The summed E-state index contributed by atoms with van der Waals surface area (Å²) in [6, 6.07) is 3.39. The topological polar surface area (TPSA) is 138 Å². The predicted octanol–water partition coefficient (Wildman–Crippen LogP) is 3.86. The van der Waals surface area contributed by atoms with Crippen LogP contribution in [0.1, 0.15) is 49.2 Å². The number of halogens is 2. The van der Waals surface area contributed by atoms with Gasteiger partial charge in [-0.05, 0) is 50.3 Å². The number of aliphatic imine (C=N–C) groups is 1. The number of aliphatic carboxylic acids is 1. The maximum absolute atomic E-state index is 14.0. The number of carboxylic acid groups (broad SMARTS) is 1. The Bertz CT molecular complexity index is 1470. The molecule has 1 aromatic heterocycles. The number of thiazole rings is 1. The van der Waals surface area contributed by atoms with E-state index in [9.17, 15) is 22.4 Å². The molecule has 3 aliphatic rings. The van der Waals surface area contributed by atoms with Gasteiger partial charge in [0, 0.05) is 40.8 Å². The van der Waals surface area contributed by atoms with Gasteiger partial charge in [0.05, 0.1) is 23.3 Å². The maximum Gasteiger partial charge on any atom is 0.338 e. The Balaban J connectivity index is 1.47. The fraction of sp³-hybridized carbons (Fsp3) is 0.462. The quantitative estimate of drug-likeness (QED) is 0.409. The lowest BCUT2D eigenvalue weighted by Gasteiger charge is -2.40. The molecule has 0 spiro atoms. The molecule has 10 nitrogen and oxygen atoms in total. The van der Waals surface area contributed by atoms with Gasteiger partial charge in [-0.15, -0.1) is 11.3 Å². The molecule has 0 amide bonds. The van der Waals surface area contributed by atoms with Crippen LogP contribution in [0, 0.1) is 17.7 Å². The average Bonchev–Trinajstić information content (AvgIpc) is 3.42. The van der Waals surface area contributed by atoms with Crippen LogP contribution < -0.4 is 5.32 Å². The van der Waals surface area contributed by atoms with Crippen LogP contribution in [0.2, 0.25) is 0 Å². The summed E-state index contributed by atoms with van der Waals surface area (Å²) < 4.78 is 47.6. The van der Waals surface area contributed by atoms with Crippen molar-refractivity contribution in [2.75, 3.05) is 19.7 Å². The number of nitrogens with one attached hydrogen (secondary N) is 1. The average molecular weight is 656 g/mol. The largest absolute Gasteiger partial charge is 0.481 e. The number of benzene rings is 1. The van der Waals surface area contributed by atoms with E-state index in [1.165, 1.54) is 27.8 Å². The zero-order chi connectivity index (χ0) is 28.6. The molecule has 0 unspecified atom stereocenters. The fourth-order valence-corrected chi connectivity index (χ4v) is 8.59. The minimum absolute atomic E-state index is 0.124. The minimum Gasteiger partial charge on any atom is -0.481 e. The molecule has 1 atom stereocenters. The number of piperidine rings is 1. The lowest BCUT2D eigenvalue weighted by Crippen LogP contribution is -2.50. The number of carbonyl (C=O) groups excluding carboxylic acids is 1. The van der Waals surface area contributed by atoms with E-state index in [2.05, 4.69) is 26.2 Å². The second-order valence-electron chi connectivity index (χ2n) is 9.90. The molecule has 14 heteroatoms. The Morgan fingerprint density at radius 3 is 2.60 bits per heavy atom. The van der Waals surface area contributed by atoms with Gasteiger partial charge in [0.25, 0.3) is 0 Å². The monoisotopic (exact) mass is 654 g/mol. The van der Waals surface area contributed by atoms with Crippen molar-refractivity contribution < 1.29 is 32.2 Å². The first kappa shape index (κ1) is 28.8. The molecule has 1 aromatic carbocycles. The standard InChI is InChI=1S/C26H28BrFN4O6S2/c1-2-38-26(35)20-21(14-5-8-32(9-6-14)40(36,37)17-11-15(12-17)25(33)34)30-23(24-29-7-10-39-24)31-22(20)18-4-3-16(28)13-19(18)27/h3-4,7,10,13-15,17,22H,2,5-6,8-9,11-12H2,1H3,(H,30,31)(H,33,34)/t15?,17?,22-/m1/s1. The Labute approximate surface area is 243 Å². The molecule has 1 saturated carbocycles. The summed E-state index contributed by atoms with van der Waals surface area (Å²) in [5.74, 6) is -2.34. The van der Waals surface area contributed by atoms with Crippen molar-refractivity contribution in [1.82, 2.24) is 14.6 Å². The fourth-order valence-electron chi connectivity index (χ4n) is 5.34. The number of amidine groups is 1. The van der Waals surface area contributed by atoms with Gasteiger partial charge < -0.3 is 15.2 Å². The van der Waals surface area contributed by atoms with Gasteiger partial charge >= 0.3 is 11.9 Å². The Hall–Kier alpha value is -2.68. The van der Waals surface area contributed by atoms with Gasteiger partial charge in [-0.3, -0.25) is 9.79 Å². The van der Waals surface area contributed by atoms with E-state index in [1.807, 2.05) is 5.38 Å². The van der Waals surface area contributed by atoms with Crippen LogP contribution in [0.4, 0.5) is 4.39 Å². The SMILES string of the molecule is CCOC(=O)C1=C(C2CCN(S(=O)(=O)C3CC(C(=O)O)C3)CC2)NC(c2nccs2)=N[C@@H]1c1ccc(F)cc1Br. The summed E-state index contributed by atoms with van der Waals surface area (Å²) in [5, 5.41) is 14.2. The number of rotatable bonds is 8. The third-order valence-electron chi connectivity index (χ3n) is 7.55. The van der Waals surface area contributed by atoms with E-state index in [0.29, 0.717) is 45.0 Å². The van der Waals surface area contributed by atoms with E-state index < -0.39 is 45.0 Å². The van der Waals surface area contributed by atoms with Crippen LogP contribution in [-0.4, -0.2) is 65.5 Å². The summed E-state index contributed by atoms with van der Waals surface area (Å²) in [4.78, 5) is 33.8. The van der Waals surface area contributed by atoms with Crippen molar-refractivity contribution in [1.29, 1.82) is 0 Å². The Morgan fingerprint density at radius 1 is 1.27 bits per heavy atom. The first-order valence-electron chi connectivity index (χ1n) is 12.9. The van der Waals surface area contributed by atoms with Crippen molar-refractivity contribution >= 4 is 55.1 Å². The van der Waals surface area contributed by atoms with Crippen molar-refractivity contribution in [2.24, 2.45) is 16.8 Å². The van der Waals surface area contributed by atoms with Gasteiger partial charge in [-0.25, -0.2) is 26.9 Å². The number of carbonyl (C=O) groups is 2. The lowest BCUT2D eigenvalue weighted by molar-refractivity contribution is -0.144. The van der Waals surface area contributed by atoms with E-state index in [4.69, 9.17) is 14.8 Å². The molecule has 1 aliphatic carbocycles. The van der Waals surface area contributed by atoms with Crippen molar-refractivity contribution in [3.05, 3.63) is 61.9 Å². The van der Waals surface area contributed by atoms with E-state index in [0.717, 1.165) is 0 Å². The van der Waals surface area contributed by atoms with E-state index in [-0.39, 0.29) is 38.5 Å². The number of ether oxygens (including phenoxy) is 1. The summed E-state index contributed by atoms with van der Waals surface area (Å²) in [6.07, 6.45) is 2.76. The van der Waals surface area contributed by atoms with Gasteiger partial charge in [-0.1, -0.05) is 22.0 Å². The molecule has 40 heavy (non-hydrogen) atoms. The number of carboxylic acids is 1. The molecular formula is C26H28BrFN4O6S2. The number of allylic oxidation sites excluding steroid dienone is 1. The highest BCUT2D eigenvalue weighted by Gasteiger charge is 2.46. The van der Waals surface area contributed by atoms with Crippen LogP contribution >= 0.6 is 27.3 Å². The minimum atomic E-state index is -3.63. The Kier molecular flexibility index (Phi) is 8.41. The third kappa shape index (κ3) is 5.58. The van der Waals surface area contributed by atoms with Gasteiger partial charge in [0.2, 0.25) is 10.0 Å². The highest BCUT2D eigenvalue weighted by atomic mass is 79.9. The number of hydrogen-bond acceptors (Lipinski definition) is 9. The second-order valence-corrected chi connectivity index (χ2v) is 13.9. The number of aromatic nitrogens is 1. The number of esters is 1. The van der Waals surface area contributed by atoms with Crippen LogP contribution in [0.3, 0.4) is 0 Å². The molecule has 2 aromatic rings. The van der Waals surface area contributed by atoms with Gasteiger partial charge in [0.15, 0.2) is 10.8 Å². The smallest absolute Gasteiger partial charge is 0.338 e. The first-order valence-corrected chi connectivity index (χ1v) is 16.1. The molecule has 5 rings (SSSR count). The highest BCUT2D eigenvalue weighted by molar-refractivity contribution is 9.10. The Morgan fingerprint density at radius 2 is 2.00 bits per heavy atom. The van der Waals surface area contributed by atoms with Crippen molar-refractivity contribution in [3.8, 4) is 0 Å². The number of nitrogens with zero attached hydrogens (tertiary/aromatic N) is 3. The van der Waals surface area contributed by atoms with Crippen LogP contribution in [0.25, 0.3) is 0 Å². The first-order chi connectivity index (χ1) is 19.1. The van der Waals surface area contributed by atoms with Crippen LogP contribution in [0.15, 0.2) is 50.5 Å². The van der Waals surface area contributed by atoms with Crippen molar-refractivity contribution in [2.45, 2.75) is 43.9 Å². The summed E-state index contributed by atoms with van der Waals surface area (Å²) in [7, 11) is -3.63. The molecule has 2 fully saturated rings. The number of hydrogen-bond donors (Lipinski definition) is 2. The summed E-state index contributed by atoms with van der Waals surface area (Å²) in [6.45, 7) is 2.32. The van der Waals surface area contributed by atoms with Crippen LogP contribution in [0.5, 0.6) is 0 Å². The number of sulfonamides is 1. The summed E-state index contributed by atoms with van der Waals surface area (Å²) >= 11 is 4.80. The molecule has 2 aliphatic heterocycles. The van der Waals surface area contributed by atoms with Gasteiger partial charge in [-0.2, -0.15) is 0 Å². The molecule has 1 saturated heterocycles. The second kappa shape index (κ2) is 11.7. The van der Waals surface area contributed by atoms with E-state index >= 15 is 0 Å².